The monoisotopic (exact) mass is 428 g/mol. The maximum Gasteiger partial charge on any atom is 0.257 e. The Labute approximate surface area is 167 Å². The number of nitrogens with zero attached hydrogens (tertiary/aromatic N) is 1. The normalized spacial score (nSPS) is 14.9. The van der Waals surface area contributed by atoms with Gasteiger partial charge in [0.1, 0.15) is 0 Å². The molecule has 3 rings (SSSR count). The van der Waals surface area contributed by atoms with Crippen molar-refractivity contribution in [2.24, 2.45) is 0 Å². The van der Waals surface area contributed by atoms with Crippen LogP contribution in [0.3, 0.4) is 0 Å². The van der Waals surface area contributed by atoms with Gasteiger partial charge < -0.3 is 15.0 Å². The van der Waals surface area contributed by atoms with E-state index in [0.717, 1.165) is 25.0 Å². The molecule has 1 N–H and O–H groups in total. The van der Waals surface area contributed by atoms with Gasteiger partial charge in [-0.2, -0.15) is 0 Å². The van der Waals surface area contributed by atoms with Gasteiger partial charge in [-0.15, -0.1) is 0 Å². The standard InChI is InChI=1S/C18H18Cl2N2O4S/c1-27(24,25)13-3-4-14(15(19)11-13)18(23)21-12-2-5-17(16(20)10-12)22-6-8-26-9-7-22/h2-5,10-11H,6-9H2,1H3,(H,21,23). The van der Waals surface area contributed by atoms with E-state index in [-0.39, 0.29) is 15.5 Å². The molecule has 1 aliphatic rings. The zero-order chi connectivity index (χ0) is 19.6. The fraction of sp³-hybridized carbons (Fsp3) is 0.278. The summed E-state index contributed by atoms with van der Waals surface area (Å²) in [4.78, 5) is 14.7. The summed E-state index contributed by atoms with van der Waals surface area (Å²) in [5.41, 5.74) is 1.58. The molecule has 2 aromatic rings. The number of hydrogen-bond acceptors (Lipinski definition) is 5. The molecule has 1 amide bonds. The van der Waals surface area contributed by atoms with E-state index in [1.807, 2.05) is 6.07 Å². The van der Waals surface area contributed by atoms with Gasteiger partial charge >= 0.3 is 0 Å². The zero-order valence-corrected chi connectivity index (χ0v) is 16.9. The van der Waals surface area contributed by atoms with Crippen LogP contribution in [0, 0.1) is 0 Å². The third-order valence-electron chi connectivity index (χ3n) is 4.17. The quantitative estimate of drug-likeness (QED) is 0.806. The van der Waals surface area contributed by atoms with Crippen molar-refractivity contribution in [3.05, 3.63) is 52.0 Å². The SMILES string of the molecule is CS(=O)(=O)c1ccc(C(=O)Nc2ccc(N3CCOCC3)c(Cl)c2)c(Cl)c1. The van der Waals surface area contributed by atoms with E-state index in [1.165, 1.54) is 18.2 Å². The third-order valence-corrected chi connectivity index (χ3v) is 5.90. The van der Waals surface area contributed by atoms with Gasteiger partial charge in [0.05, 0.1) is 39.4 Å². The lowest BCUT2D eigenvalue weighted by molar-refractivity contribution is 0.102. The molecule has 1 aliphatic heterocycles. The van der Waals surface area contributed by atoms with Crippen LogP contribution < -0.4 is 10.2 Å². The van der Waals surface area contributed by atoms with Crippen LogP contribution in [0.15, 0.2) is 41.3 Å². The number of carbonyl (C=O) groups is 1. The Hall–Kier alpha value is -1.80. The van der Waals surface area contributed by atoms with E-state index < -0.39 is 15.7 Å². The van der Waals surface area contributed by atoms with Crippen LogP contribution in [0.5, 0.6) is 0 Å². The van der Waals surface area contributed by atoms with Crippen LogP contribution in [0.2, 0.25) is 10.0 Å². The van der Waals surface area contributed by atoms with Crippen molar-refractivity contribution in [1.82, 2.24) is 0 Å². The van der Waals surface area contributed by atoms with Gasteiger partial charge in [0.25, 0.3) is 5.91 Å². The lowest BCUT2D eigenvalue weighted by Gasteiger charge is -2.29. The lowest BCUT2D eigenvalue weighted by atomic mass is 10.2. The minimum absolute atomic E-state index is 0.0574. The first-order valence-corrected chi connectivity index (χ1v) is 10.8. The molecule has 1 fully saturated rings. The second-order valence-electron chi connectivity index (χ2n) is 6.13. The van der Waals surface area contributed by atoms with E-state index in [9.17, 15) is 13.2 Å². The molecule has 0 aliphatic carbocycles. The number of hydrogen-bond donors (Lipinski definition) is 1. The van der Waals surface area contributed by atoms with Gasteiger partial charge in [-0.25, -0.2) is 8.42 Å². The Balaban J connectivity index is 1.77. The van der Waals surface area contributed by atoms with Crippen LogP contribution >= 0.6 is 23.2 Å². The Morgan fingerprint density at radius 1 is 1.07 bits per heavy atom. The van der Waals surface area contributed by atoms with Crippen molar-refractivity contribution in [3.8, 4) is 0 Å². The predicted molar refractivity (Wildman–Crippen MR) is 107 cm³/mol. The number of benzene rings is 2. The van der Waals surface area contributed by atoms with Crippen molar-refractivity contribution in [2.45, 2.75) is 4.90 Å². The van der Waals surface area contributed by atoms with E-state index in [2.05, 4.69) is 10.2 Å². The number of anilines is 2. The van der Waals surface area contributed by atoms with E-state index in [0.29, 0.717) is 23.9 Å². The number of nitrogens with one attached hydrogen (secondary N) is 1. The van der Waals surface area contributed by atoms with Gasteiger partial charge in [-0.1, -0.05) is 23.2 Å². The van der Waals surface area contributed by atoms with Gasteiger partial charge in [-0.3, -0.25) is 4.79 Å². The molecule has 144 valence electrons. The number of carbonyl (C=O) groups excluding carboxylic acids is 1. The van der Waals surface area contributed by atoms with Crippen molar-refractivity contribution < 1.29 is 17.9 Å². The lowest BCUT2D eigenvalue weighted by Crippen LogP contribution is -2.36. The number of morpholine rings is 1. The van der Waals surface area contributed by atoms with Crippen LogP contribution in [-0.4, -0.2) is 46.9 Å². The summed E-state index contributed by atoms with van der Waals surface area (Å²) in [6.45, 7) is 2.81. The topological polar surface area (TPSA) is 75.7 Å². The minimum Gasteiger partial charge on any atom is -0.378 e. The molecule has 0 bridgehead atoms. The largest absolute Gasteiger partial charge is 0.378 e. The number of rotatable bonds is 4. The van der Waals surface area contributed by atoms with Crippen LogP contribution in [0.4, 0.5) is 11.4 Å². The maximum atomic E-state index is 12.5. The van der Waals surface area contributed by atoms with Gasteiger partial charge in [0.15, 0.2) is 9.84 Å². The highest BCUT2D eigenvalue weighted by atomic mass is 35.5. The number of halogens is 2. The number of amides is 1. The van der Waals surface area contributed by atoms with Gasteiger partial charge in [0.2, 0.25) is 0 Å². The average molecular weight is 429 g/mol. The summed E-state index contributed by atoms with van der Waals surface area (Å²) in [5, 5.41) is 3.31. The maximum absolute atomic E-state index is 12.5. The van der Waals surface area contributed by atoms with E-state index in [1.54, 1.807) is 12.1 Å². The molecule has 6 nitrogen and oxygen atoms in total. The highest BCUT2D eigenvalue weighted by Crippen LogP contribution is 2.30. The molecule has 0 aromatic heterocycles. The first-order valence-electron chi connectivity index (χ1n) is 8.19. The highest BCUT2D eigenvalue weighted by molar-refractivity contribution is 7.90. The molecule has 27 heavy (non-hydrogen) atoms. The summed E-state index contributed by atoms with van der Waals surface area (Å²) in [7, 11) is -3.39. The predicted octanol–water partition coefficient (Wildman–Crippen LogP) is 3.49. The Morgan fingerprint density at radius 2 is 1.78 bits per heavy atom. The summed E-state index contributed by atoms with van der Waals surface area (Å²) in [5.74, 6) is -0.449. The van der Waals surface area contributed by atoms with Crippen LogP contribution in [-0.2, 0) is 14.6 Å². The summed E-state index contributed by atoms with van der Waals surface area (Å²) >= 11 is 12.5. The molecule has 2 aromatic carbocycles. The Kier molecular flexibility index (Phi) is 5.95. The molecule has 0 saturated carbocycles. The van der Waals surface area contributed by atoms with Crippen molar-refractivity contribution in [3.63, 3.8) is 0 Å². The third kappa shape index (κ3) is 4.73. The molecular formula is C18H18Cl2N2O4S. The molecule has 1 saturated heterocycles. The minimum atomic E-state index is -3.39. The number of ether oxygens (including phenoxy) is 1. The zero-order valence-electron chi connectivity index (χ0n) is 14.5. The molecule has 9 heteroatoms. The average Bonchev–Trinajstić information content (AvgIpc) is 2.61. The highest BCUT2D eigenvalue weighted by Gasteiger charge is 2.17. The summed E-state index contributed by atoms with van der Waals surface area (Å²) in [6, 6.07) is 9.27. The summed E-state index contributed by atoms with van der Waals surface area (Å²) in [6.07, 6.45) is 1.08. The fourth-order valence-electron chi connectivity index (χ4n) is 2.75. The molecule has 0 unspecified atom stereocenters. The van der Waals surface area contributed by atoms with E-state index >= 15 is 0 Å². The second-order valence-corrected chi connectivity index (χ2v) is 8.96. The van der Waals surface area contributed by atoms with Crippen LogP contribution in [0.25, 0.3) is 0 Å². The fourth-order valence-corrected chi connectivity index (χ4v) is 4.03. The summed E-state index contributed by atoms with van der Waals surface area (Å²) < 4.78 is 28.5. The van der Waals surface area contributed by atoms with Gasteiger partial charge in [0, 0.05) is 25.0 Å². The second kappa shape index (κ2) is 8.06. The molecule has 0 spiro atoms. The first-order chi connectivity index (χ1) is 12.8. The Bertz CT molecular complexity index is 973. The van der Waals surface area contributed by atoms with Crippen molar-refractivity contribution in [2.75, 3.05) is 42.8 Å². The molecule has 0 radical (unpaired) electrons. The Morgan fingerprint density at radius 3 is 2.37 bits per heavy atom. The molecular weight excluding hydrogens is 411 g/mol. The van der Waals surface area contributed by atoms with Crippen molar-refractivity contribution >= 4 is 50.3 Å². The molecule has 0 atom stereocenters. The first kappa shape index (κ1) is 19.9. The number of sulfone groups is 1. The van der Waals surface area contributed by atoms with Crippen molar-refractivity contribution in [1.29, 1.82) is 0 Å². The molecule has 1 heterocycles. The smallest absolute Gasteiger partial charge is 0.257 e. The van der Waals surface area contributed by atoms with Gasteiger partial charge in [-0.05, 0) is 36.4 Å². The van der Waals surface area contributed by atoms with E-state index in [4.69, 9.17) is 27.9 Å². The van der Waals surface area contributed by atoms with Crippen LogP contribution in [0.1, 0.15) is 10.4 Å².